The van der Waals surface area contributed by atoms with Crippen LogP contribution >= 0.6 is 0 Å². The molecule has 5 aromatic carbocycles. The van der Waals surface area contributed by atoms with Crippen LogP contribution in [0, 0.1) is 12.3 Å². The molecular formula is C62H63N5O17. The van der Waals surface area contributed by atoms with Gasteiger partial charge < -0.3 is 82.9 Å². The number of amides is 2. The topological polar surface area (TPSA) is 268 Å². The average molecular weight is 1150 g/mol. The smallest absolute Gasteiger partial charge is 0.335 e. The number of carboxylic acid groups (broad SMARTS) is 1. The van der Waals surface area contributed by atoms with Crippen molar-refractivity contribution in [3.63, 3.8) is 0 Å². The third kappa shape index (κ3) is 13.0. The summed E-state index contributed by atoms with van der Waals surface area (Å²) < 4.78 is 57.3. The number of methoxy groups -OCH3 is 3. The third-order valence-corrected chi connectivity index (χ3v) is 14.6. The molecule has 0 radical (unpaired) electrons. The molecule has 10 rings (SSSR count). The van der Waals surface area contributed by atoms with E-state index >= 15 is 0 Å². The summed E-state index contributed by atoms with van der Waals surface area (Å²) in [5.41, 5.74) is 6.41. The molecule has 2 unspecified atom stereocenters. The Morgan fingerprint density at radius 3 is 1.76 bits per heavy atom. The number of carbonyl (C=O) groups excluding carboxylic acids is 2. The quantitative estimate of drug-likeness (QED) is 0.0333. The molecule has 0 aromatic heterocycles. The number of nitrogens with zero attached hydrogens (tertiary/aromatic N) is 4. The lowest BCUT2D eigenvalue weighted by molar-refractivity contribution is -0.271. The maximum absolute atomic E-state index is 14.1. The van der Waals surface area contributed by atoms with Crippen LogP contribution in [-0.4, -0.2) is 171 Å². The maximum Gasteiger partial charge on any atom is 0.335 e. The molecule has 2 amide bonds. The van der Waals surface area contributed by atoms with Crippen LogP contribution in [0.1, 0.15) is 56.7 Å². The van der Waals surface area contributed by atoms with Gasteiger partial charge in [-0.05, 0) is 64.7 Å². The van der Waals surface area contributed by atoms with Gasteiger partial charge in [0.15, 0.2) is 29.1 Å². The van der Waals surface area contributed by atoms with E-state index in [9.17, 15) is 34.8 Å². The van der Waals surface area contributed by atoms with Crippen LogP contribution in [-0.2, 0) is 20.8 Å². The number of aliphatic carboxylic acids is 1. The molecule has 7 atom stereocenters. The number of fused-ring (bicyclic) bond motifs is 4. The first-order valence-electron chi connectivity index (χ1n) is 27.1. The number of hydrogen-bond donors (Lipinski definition) is 5. The summed E-state index contributed by atoms with van der Waals surface area (Å²) in [6, 6.07) is 26.4. The lowest BCUT2D eigenvalue weighted by Gasteiger charge is -2.38. The Hall–Kier alpha value is -8.95. The maximum atomic E-state index is 14.1. The van der Waals surface area contributed by atoms with Crippen LogP contribution < -0.4 is 43.2 Å². The van der Waals surface area contributed by atoms with E-state index in [0.29, 0.717) is 109 Å². The van der Waals surface area contributed by atoms with Gasteiger partial charge in [0.2, 0.25) is 6.29 Å². The summed E-state index contributed by atoms with van der Waals surface area (Å²) in [7, 11) is 4.67. The van der Waals surface area contributed by atoms with Crippen molar-refractivity contribution in [2.24, 2.45) is 9.98 Å². The van der Waals surface area contributed by atoms with Crippen LogP contribution in [0.5, 0.6) is 46.0 Å². The summed E-state index contributed by atoms with van der Waals surface area (Å²) in [6.07, 6.45) is 5.61. The fourth-order valence-corrected chi connectivity index (χ4v) is 10.1. The summed E-state index contributed by atoms with van der Waals surface area (Å²) in [5.74, 6) is 4.06. The number of aliphatic hydroxyl groups excluding tert-OH is 3. The Kier molecular flexibility index (Phi) is 18.4. The molecule has 5 aromatic rings. The molecule has 22 nitrogen and oxygen atoms in total. The average Bonchev–Trinajstić information content (AvgIpc) is 3.89. The van der Waals surface area contributed by atoms with Crippen LogP contribution in [0.25, 0.3) is 11.1 Å². The van der Waals surface area contributed by atoms with Gasteiger partial charge in [0.1, 0.15) is 54.5 Å². The molecular weight excluding hydrogens is 1090 g/mol. The number of nitrogens with one attached hydrogen (secondary N) is 1. The van der Waals surface area contributed by atoms with Crippen LogP contribution in [0.15, 0.2) is 113 Å². The van der Waals surface area contributed by atoms with E-state index in [1.165, 1.54) is 20.3 Å². The van der Waals surface area contributed by atoms with Crippen molar-refractivity contribution in [3.8, 4) is 58.3 Å². The van der Waals surface area contributed by atoms with Gasteiger partial charge in [-0.3, -0.25) is 19.6 Å². The van der Waals surface area contributed by atoms with Gasteiger partial charge in [-0.15, -0.1) is 6.42 Å². The second kappa shape index (κ2) is 26.5. The fourth-order valence-electron chi connectivity index (χ4n) is 10.1. The van der Waals surface area contributed by atoms with E-state index in [2.05, 4.69) is 11.2 Å². The first kappa shape index (κ1) is 58.3. The van der Waals surface area contributed by atoms with E-state index in [0.717, 1.165) is 33.6 Å². The zero-order valence-corrected chi connectivity index (χ0v) is 46.3. The van der Waals surface area contributed by atoms with E-state index in [1.54, 1.807) is 65.7 Å². The Morgan fingerprint density at radius 1 is 0.643 bits per heavy atom. The molecule has 0 saturated carbocycles. The standard InChI is InChI=1S/C62H63N5O17/c1-5-18-80-50-26-45(83-62-57(70)55(68)56(69)58(84-62)61(73)74)16-11-38(50)31-63-17-21-78-22-23-79-44-14-9-37(10-15-44)40-25-42-33-65-49-30-54(52(77-4)28-47(49)60(72)67(42)35-40)82-20-6-19-81-53-29-48-46(27-51(53)76-3)59(71)66-34-39(24-41(66)32-64-48)36-7-12-43(75-2)13-8-36/h1,7-16,26-30,32-35,41-42,55-58,62-63,68-70H,6,17-25,31H2,2-4H3,(H,73,74)/t41?,42?,55-,56-,57+,58-,62+/m0/s1. The van der Waals surface area contributed by atoms with Crippen molar-refractivity contribution in [1.82, 2.24) is 15.1 Å². The lowest BCUT2D eigenvalue weighted by Crippen LogP contribution is -2.61. The zero-order valence-electron chi connectivity index (χ0n) is 46.3. The van der Waals surface area contributed by atoms with Crippen molar-refractivity contribution < 1.29 is 82.2 Å². The van der Waals surface area contributed by atoms with Gasteiger partial charge in [0.25, 0.3) is 11.8 Å². The van der Waals surface area contributed by atoms with Crippen LogP contribution in [0.3, 0.4) is 0 Å². The Morgan fingerprint density at radius 2 is 1.21 bits per heavy atom. The number of ether oxygens (including phenoxy) is 10. The summed E-state index contributed by atoms with van der Waals surface area (Å²) in [4.78, 5) is 52.3. The second-order valence-electron chi connectivity index (χ2n) is 19.9. The molecule has 0 aliphatic carbocycles. The van der Waals surface area contributed by atoms with Crippen LogP contribution in [0.2, 0.25) is 0 Å². The van der Waals surface area contributed by atoms with Crippen molar-refractivity contribution in [3.05, 3.63) is 131 Å². The molecule has 84 heavy (non-hydrogen) atoms. The highest BCUT2D eigenvalue weighted by atomic mass is 16.7. The second-order valence-corrected chi connectivity index (χ2v) is 19.9. The number of aliphatic hydroxyl groups is 3. The minimum atomic E-state index is -1.85. The Labute approximate surface area is 484 Å². The molecule has 438 valence electrons. The molecule has 0 spiro atoms. The van der Waals surface area contributed by atoms with Crippen molar-refractivity contribution >= 4 is 52.7 Å². The normalized spacial score (nSPS) is 21.1. The number of rotatable bonds is 25. The van der Waals surface area contributed by atoms with Gasteiger partial charge in [-0.25, -0.2) is 4.79 Å². The fraction of sp³-hybridized carbons (Fsp3) is 0.339. The molecule has 5 N–H and O–H groups in total. The number of aliphatic imine (C=N–C) groups is 2. The third-order valence-electron chi connectivity index (χ3n) is 14.6. The van der Waals surface area contributed by atoms with Gasteiger partial charge in [0.05, 0.1) is 82.3 Å². The van der Waals surface area contributed by atoms with E-state index < -0.39 is 36.7 Å². The van der Waals surface area contributed by atoms with Gasteiger partial charge in [0, 0.05) is 80.9 Å². The number of hydrogen-bond acceptors (Lipinski definition) is 19. The van der Waals surface area contributed by atoms with Gasteiger partial charge >= 0.3 is 5.97 Å². The Balaban J connectivity index is 0.657. The van der Waals surface area contributed by atoms with Crippen molar-refractivity contribution in [2.45, 2.75) is 68.6 Å². The predicted molar refractivity (Wildman–Crippen MR) is 306 cm³/mol. The number of benzene rings is 5. The minimum Gasteiger partial charge on any atom is -0.497 e. The zero-order chi connectivity index (χ0) is 58.9. The van der Waals surface area contributed by atoms with Crippen molar-refractivity contribution in [2.75, 3.05) is 67.5 Å². The highest BCUT2D eigenvalue weighted by Gasteiger charge is 2.48. The first-order chi connectivity index (χ1) is 40.8. The van der Waals surface area contributed by atoms with Crippen LogP contribution in [0.4, 0.5) is 11.4 Å². The predicted octanol–water partition coefficient (Wildman–Crippen LogP) is 5.97. The van der Waals surface area contributed by atoms with E-state index in [1.807, 2.05) is 60.9 Å². The molecule has 0 bridgehead atoms. The summed E-state index contributed by atoms with van der Waals surface area (Å²) in [5, 5.41) is 43.1. The summed E-state index contributed by atoms with van der Waals surface area (Å²) >= 11 is 0. The number of terminal acetylenes is 1. The molecule has 5 heterocycles. The van der Waals surface area contributed by atoms with Crippen molar-refractivity contribution in [1.29, 1.82) is 0 Å². The Bertz CT molecular complexity index is 3400. The molecule has 5 aliphatic rings. The molecule has 5 aliphatic heterocycles. The van der Waals surface area contributed by atoms with E-state index in [-0.39, 0.29) is 49.5 Å². The van der Waals surface area contributed by atoms with E-state index in [4.69, 9.17) is 63.8 Å². The molecule has 1 saturated heterocycles. The lowest BCUT2D eigenvalue weighted by atomic mass is 9.99. The monoisotopic (exact) mass is 1150 g/mol. The largest absolute Gasteiger partial charge is 0.497 e. The summed E-state index contributed by atoms with van der Waals surface area (Å²) in [6.45, 7) is 2.33. The first-order valence-corrected chi connectivity index (χ1v) is 27.1. The minimum absolute atomic E-state index is 0.0511. The highest BCUT2D eigenvalue weighted by molar-refractivity contribution is 6.06. The SMILES string of the molecule is C#CCOc1cc(O[C@@H]2O[C@H](C(=O)O)[C@@H](O)[C@H](O)[C@H]2O)ccc1CNCCOCCOc1ccc(C2=CN3C(=O)c4cc(OC)c(OCCCOc5cc6c(cc5OC)C(=O)N5C=C(c7ccc(OC)cc7)CC5C=N6)cc4N=CC3C2)cc1. The molecule has 1 fully saturated rings. The highest BCUT2D eigenvalue weighted by Crippen LogP contribution is 2.42. The number of carbonyl (C=O) groups is 3. The number of carboxylic acids is 1. The van der Waals surface area contributed by atoms with Gasteiger partial charge in [-0.2, -0.15) is 0 Å². The van der Waals surface area contributed by atoms with Gasteiger partial charge in [-0.1, -0.05) is 36.3 Å². The molecule has 22 heteroatoms.